The number of aromatic carboxylic acids is 1. The van der Waals surface area contributed by atoms with Gasteiger partial charge in [-0.3, -0.25) is 0 Å². The van der Waals surface area contributed by atoms with E-state index in [1.807, 2.05) is 7.05 Å². The molecule has 0 saturated heterocycles. The van der Waals surface area contributed by atoms with E-state index >= 15 is 0 Å². The average Bonchev–Trinajstić information content (AvgIpc) is 2.25. The number of nitrogens with one attached hydrogen (secondary N) is 1. The van der Waals surface area contributed by atoms with Crippen LogP contribution in [0.4, 0.5) is 0 Å². The molecule has 0 saturated carbocycles. The number of rotatable bonds is 3. The molecule has 4 nitrogen and oxygen atoms in total. The molecule has 0 amide bonds. The second-order valence-corrected chi connectivity index (χ2v) is 2.87. The Morgan fingerprint density at radius 2 is 2.40 bits per heavy atom. The third-order valence-electron chi connectivity index (χ3n) is 1.68. The molecule has 0 bridgehead atoms. The lowest BCUT2D eigenvalue weighted by molar-refractivity contribution is 0.0690. The third kappa shape index (κ3) is 3.79. The predicted molar refractivity (Wildman–Crippen MR) is 56.6 cm³/mol. The molecular formula is C11H12N2O2. The van der Waals surface area contributed by atoms with Crippen LogP contribution < -0.4 is 5.32 Å². The summed E-state index contributed by atoms with van der Waals surface area (Å²) in [7, 11) is 1.85. The standard InChI is InChI=1S/C11H12N2O2/c1-12-8-3-2-5-9-6-4-7-10(13-9)11(14)15/h4,6-7,12H,3,8H2,1H3,(H,14,15). The van der Waals surface area contributed by atoms with Gasteiger partial charge in [-0.05, 0) is 25.1 Å². The quantitative estimate of drug-likeness (QED) is 0.563. The summed E-state index contributed by atoms with van der Waals surface area (Å²) in [5, 5.41) is 11.7. The molecule has 0 radical (unpaired) electrons. The smallest absolute Gasteiger partial charge is 0.354 e. The summed E-state index contributed by atoms with van der Waals surface area (Å²) in [6.07, 6.45) is 0.718. The van der Waals surface area contributed by atoms with Crippen molar-refractivity contribution in [3.8, 4) is 11.8 Å². The first kappa shape index (κ1) is 11.2. The van der Waals surface area contributed by atoms with Crippen molar-refractivity contribution < 1.29 is 9.90 Å². The molecule has 0 spiro atoms. The van der Waals surface area contributed by atoms with Crippen molar-refractivity contribution in [1.29, 1.82) is 0 Å². The molecule has 0 aliphatic heterocycles. The lowest BCUT2D eigenvalue weighted by Gasteiger charge is -1.93. The van der Waals surface area contributed by atoms with Gasteiger partial charge in [-0.25, -0.2) is 9.78 Å². The van der Waals surface area contributed by atoms with Crippen molar-refractivity contribution >= 4 is 5.97 Å². The maximum atomic E-state index is 10.6. The van der Waals surface area contributed by atoms with Crippen LogP contribution in [0.5, 0.6) is 0 Å². The van der Waals surface area contributed by atoms with E-state index in [-0.39, 0.29) is 5.69 Å². The van der Waals surface area contributed by atoms with Gasteiger partial charge in [-0.2, -0.15) is 0 Å². The minimum atomic E-state index is -1.03. The predicted octanol–water partition coefficient (Wildman–Crippen LogP) is 0.741. The van der Waals surface area contributed by atoms with E-state index in [0.717, 1.165) is 13.0 Å². The zero-order chi connectivity index (χ0) is 11.1. The van der Waals surface area contributed by atoms with E-state index in [0.29, 0.717) is 5.69 Å². The lowest BCUT2D eigenvalue weighted by Crippen LogP contribution is -2.06. The Labute approximate surface area is 88.3 Å². The molecule has 0 aliphatic carbocycles. The van der Waals surface area contributed by atoms with Crippen LogP contribution >= 0.6 is 0 Å². The van der Waals surface area contributed by atoms with Crippen LogP contribution in [-0.2, 0) is 0 Å². The molecule has 15 heavy (non-hydrogen) atoms. The second kappa shape index (κ2) is 5.78. The molecule has 78 valence electrons. The van der Waals surface area contributed by atoms with Gasteiger partial charge in [0, 0.05) is 13.0 Å². The summed E-state index contributed by atoms with van der Waals surface area (Å²) in [6.45, 7) is 0.811. The van der Waals surface area contributed by atoms with Gasteiger partial charge >= 0.3 is 5.97 Å². The SMILES string of the molecule is CNCCC#Cc1cccc(C(=O)O)n1. The van der Waals surface area contributed by atoms with E-state index in [2.05, 4.69) is 22.1 Å². The Balaban J connectivity index is 2.72. The lowest BCUT2D eigenvalue weighted by atomic mass is 10.3. The first-order valence-electron chi connectivity index (χ1n) is 4.58. The zero-order valence-corrected chi connectivity index (χ0v) is 8.45. The largest absolute Gasteiger partial charge is 0.477 e. The van der Waals surface area contributed by atoms with Crippen molar-refractivity contribution in [2.24, 2.45) is 0 Å². The second-order valence-electron chi connectivity index (χ2n) is 2.87. The van der Waals surface area contributed by atoms with E-state index in [9.17, 15) is 4.79 Å². The summed E-state index contributed by atoms with van der Waals surface area (Å²) >= 11 is 0. The van der Waals surface area contributed by atoms with Crippen LogP contribution in [0.25, 0.3) is 0 Å². The van der Waals surface area contributed by atoms with Crippen LogP contribution in [0.15, 0.2) is 18.2 Å². The van der Waals surface area contributed by atoms with Crippen molar-refractivity contribution in [3.05, 3.63) is 29.6 Å². The van der Waals surface area contributed by atoms with Crippen LogP contribution in [-0.4, -0.2) is 29.7 Å². The van der Waals surface area contributed by atoms with Gasteiger partial charge < -0.3 is 10.4 Å². The van der Waals surface area contributed by atoms with E-state index in [4.69, 9.17) is 5.11 Å². The van der Waals surface area contributed by atoms with E-state index in [1.165, 1.54) is 6.07 Å². The highest BCUT2D eigenvalue weighted by atomic mass is 16.4. The van der Waals surface area contributed by atoms with Gasteiger partial charge in [-0.15, -0.1) is 0 Å². The zero-order valence-electron chi connectivity index (χ0n) is 8.45. The summed E-state index contributed by atoms with van der Waals surface area (Å²) in [5.41, 5.74) is 0.515. The molecule has 0 fully saturated rings. The molecule has 1 aromatic heterocycles. The molecule has 0 aliphatic rings. The van der Waals surface area contributed by atoms with Crippen molar-refractivity contribution in [3.63, 3.8) is 0 Å². The number of carbonyl (C=O) groups is 1. The van der Waals surface area contributed by atoms with Crippen molar-refractivity contribution in [2.75, 3.05) is 13.6 Å². The Hall–Kier alpha value is -1.86. The van der Waals surface area contributed by atoms with Crippen LogP contribution in [0.2, 0.25) is 0 Å². The fourth-order valence-electron chi connectivity index (χ4n) is 0.964. The highest BCUT2D eigenvalue weighted by Crippen LogP contribution is 1.97. The number of carboxylic acid groups (broad SMARTS) is 1. The Morgan fingerprint density at radius 3 is 3.07 bits per heavy atom. The first-order valence-corrected chi connectivity index (χ1v) is 4.58. The monoisotopic (exact) mass is 204 g/mol. The minimum absolute atomic E-state index is 0.0235. The van der Waals surface area contributed by atoms with Crippen LogP contribution in [0.1, 0.15) is 22.6 Å². The van der Waals surface area contributed by atoms with Gasteiger partial charge in [0.25, 0.3) is 0 Å². The average molecular weight is 204 g/mol. The number of carboxylic acids is 1. The fourth-order valence-corrected chi connectivity index (χ4v) is 0.964. The number of hydrogen-bond donors (Lipinski definition) is 2. The third-order valence-corrected chi connectivity index (χ3v) is 1.68. The number of nitrogens with zero attached hydrogens (tertiary/aromatic N) is 1. The molecule has 1 rings (SSSR count). The van der Waals surface area contributed by atoms with E-state index in [1.54, 1.807) is 12.1 Å². The highest BCUT2D eigenvalue weighted by Gasteiger charge is 2.02. The first-order chi connectivity index (χ1) is 7.24. The molecular weight excluding hydrogens is 192 g/mol. The van der Waals surface area contributed by atoms with Gasteiger partial charge in [-0.1, -0.05) is 12.0 Å². The van der Waals surface area contributed by atoms with E-state index < -0.39 is 5.97 Å². The maximum absolute atomic E-state index is 10.6. The van der Waals surface area contributed by atoms with Crippen molar-refractivity contribution in [2.45, 2.75) is 6.42 Å². The molecule has 2 N–H and O–H groups in total. The Morgan fingerprint density at radius 1 is 1.60 bits per heavy atom. The van der Waals surface area contributed by atoms with Crippen LogP contribution in [0, 0.1) is 11.8 Å². The maximum Gasteiger partial charge on any atom is 0.354 e. The number of hydrogen-bond acceptors (Lipinski definition) is 3. The van der Waals surface area contributed by atoms with Gasteiger partial charge in [0.15, 0.2) is 0 Å². The van der Waals surface area contributed by atoms with Gasteiger partial charge in [0.05, 0.1) is 0 Å². The van der Waals surface area contributed by atoms with Crippen LogP contribution in [0.3, 0.4) is 0 Å². The molecule has 0 aromatic carbocycles. The number of aromatic nitrogens is 1. The molecule has 1 aromatic rings. The summed E-state index contributed by atoms with van der Waals surface area (Å²) < 4.78 is 0. The minimum Gasteiger partial charge on any atom is -0.477 e. The van der Waals surface area contributed by atoms with Crippen molar-refractivity contribution in [1.82, 2.24) is 10.3 Å². The Bertz CT molecular complexity index is 405. The summed E-state index contributed by atoms with van der Waals surface area (Å²) in [5.74, 6) is 4.68. The van der Waals surface area contributed by atoms with Gasteiger partial charge in [0.1, 0.15) is 11.4 Å². The molecule has 0 atom stereocenters. The Kier molecular flexibility index (Phi) is 4.32. The molecule has 4 heteroatoms. The number of pyridine rings is 1. The topological polar surface area (TPSA) is 62.2 Å². The summed E-state index contributed by atoms with van der Waals surface area (Å²) in [4.78, 5) is 14.5. The van der Waals surface area contributed by atoms with Gasteiger partial charge in [0.2, 0.25) is 0 Å². The fraction of sp³-hybridized carbons (Fsp3) is 0.273. The molecule has 1 heterocycles. The normalized spacial score (nSPS) is 9.13. The molecule has 0 unspecified atom stereocenters. The summed E-state index contributed by atoms with van der Waals surface area (Å²) in [6, 6.07) is 4.78. The highest BCUT2D eigenvalue weighted by molar-refractivity contribution is 5.85.